The van der Waals surface area contributed by atoms with Gasteiger partial charge >= 0.3 is 0 Å². The van der Waals surface area contributed by atoms with E-state index in [1.54, 1.807) is 43.5 Å². The Morgan fingerprint density at radius 2 is 1.96 bits per heavy atom. The lowest BCUT2D eigenvalue weighted by Crippen LogP contribution is -2.13. The summed E-state index contributed by atoms with van der Waals surface area (Å²) < 4.78 is 24.0. The Kier molecular flexibility index (Phi) is 3.89. The number of methoxy groups -OCH3 is 2. The molecule has 118 valence electrons. The van der Waals surface area contributed by atoms with Crippen LogP contribution in [0.5, 0.6) is 11.5 Å². The van der Waals surface area contributed by atoms with Crippen molar-refractivity contribution in [2.24, 2.45) is 0 Å². The van der Waals surface area contributed by atoms with Gasteiger partial charge in [0.2, 0.25) is 0 Å². The third kappa shape index (κ3) is 2.83. The van der Waals surface area contributed by atoms with Crippen LogP contribution in [0.4, 0.5) is 10.1 Å². The third-order valence-corrected chi connectivity index (χ3v) is 3.51. The Labute approximate surface area is 132 Å². The van der Waals surface area contributed by atoms with Gasteiger partial charge < -0.3 is 19.8 Å². The number of para-hydroxylation sites is 1. The van der Waals surface area contributed by atoms with E-state index in [1.165, 1.54) is 13.2 Å². The summed E-state index contributed by atoms with van der Waals surface area (Å²) in [5.74, 6) is 0.306. The molecule has 23 heavy (non-hydrogen) atoms. The second-order valence-corrected chi connectivity index (χ2v) is 4.91. The number of H-pyrrole nitrogens is 1. The molecular weight excluding hydrogens is 299 g/mol. The molecule has 6 heteroatoms. The number of aromatic amines is 1. The predicted octanol–water partition coefficient (Wildman–Crippen LogP) is 3.58. The number of benzene rings is 2. The van der Waals surface area contributed by atoms with Gasteiger partial charge in [0.15, 0.2) is 0 Å². The molecule has 1 heterocycles. The van der Waals surface area contributed by atoms with Crippen molar-refractivity contribution in [2.45, 2.75) is 0 Å². The number of halogens is 1. The molecule has 0 aliphatic heterocycles. The molecule has 0 aliphatic carbocycles. The van der Waals surface area contributed by atoms with Crippen LogP contribution in [0.1, 0.15) is 10.5 Å². The average Bonchev–Trinajstić information content (AvgIpc) is 3.01. The van der Waals surface area contributed by atoms with Gasteiger partial charge in [0, 0.05) is 11.5 Å². The molecule has 0 aliphatic rings. The summed E-state index contributed by atoms with van der Waals surface area (Å²) in [6, 6.07) is 11.3. The van der Waals surface area contributed by atoms with E-state index in [2.05, 4.69) is 10.3 Å². The molecule has 0 saturated carbocycles. The van der Waals surface area contributed by atoms with Crippen molar-refractivity contribution in [3.8, 4) is 11.5 Å². The zero-order valence-corrected chi connectivity index (χ0v) is 12.6. The van der Waals surface area contributed by atoms with Crippen molar-refractivity contribution in [2.75, 3.05) is 19.5 Å². The van der Waals surface area contributed by atoms with E-state index < -0.39 is 5.82 Å². The molecule has 3 rings (SSSR count). The van der Waals surface area contributed by atoms with E-state index in [4.69, 9.17) is 9.47 Å². The minimum Gasteiger partial charge on any atom is -0.497 e. The fraction of sp³-hybridized carbons (Fsp3) is 0.118. The molecule has 3 aromatic rings. The standard InChI is InChI=1S/C17H15FN2O3/c1-22-11-6-7-13(15(9-11)23-2)20-17(21)14-8-10-4-3-5-12(18)16(10)19-14/h3-9,19H,1-2H3,(H,20,21). The second-order valence-electron chi connectivity index (χ2n) is 4.91. The maximum Gasteiger partial charge on any atom is 0.272 e. The maximum absolute atomic E-state index is 13.7. The smallest absolute Gasteiger partial charge is 0.272 e. The molecule has 0 atom stereocenters. The van der Waals surface area contributed by atoms with Crippen LogP contribution >= 0.6 is 0 Å². The SMILES string of the molecule is COc1ccc(NC(=O)c2cc3cccc(F)c3[nH]2)c(OC)c1. The maximum atomic E-state index is 13.7. The number of ether oxygens (including phenoxy) is 2. The van der Waals surface area contributed by atoms with Gasteiger partial charge in [0.05, 0.1) is 25.4 Å². The van der Waals surface area contributed by atoms with Crippen LogP contribution in [-0.2, 0) is 0 Å². The number of aromatic nitrogens is 1. The predicted molar refractivity (Wildman–Crippen MR) is 85.8 cm³/mol. The number of amides is 1. The van der Waals surface area contributed by atoms with Crippen LogP contribution in [-0.4, -0.2) is 25.1 Å². The molecule has 2 N–H and O–H groups in total. The van der Waals surface area contributed by atoms with Gasteiger partial charge in [0.1, 0.15) is 23.0 Å². The number of anilines is 1. The molecule has 0 radical (unpaired) electrons. The zero-order chi connectivity index (χ0) is 16.4. The van der Waals surface area contributed by atoms with E-state index in [9.17, 15) is 9.18 Å². The van der Waals surface area contributed by atoms with Gasteiger partial charge in [-0.15, -0.1) is 0 Å². The Balaban J connectivity index is 1.90. The third-order valence-electron chi connectivity index (χ3n) is 3.51. The van der Waals surface area contributed by atoms with Crippen molar-refractivity contribution < 1.29 is 18.7 Å². The van der Waals surface area contributed by atoms with E-state index in [1.807, 2.05) is 0 Å². The van der Waals surface area contributed by atoms with Gasteiger partial charge in [0.25, 0.3) is 5.91 Å². The summed E-state index contributed by atoms with van der Waals surface area (Å²) in [5.41, 5.74) is 1.07. The highest BCUT2D eigenvalue weighted by atomic mass is 19.1. The highest BCUT2D eigenvalue weighted by Crippen LogP contribution is 2.29. The Hall–Kier alpha value is -3.02. The van der Waals surface area contributed by atoms with Gasteiger partial charge in [-0.3, -0.25) is 4.79 Å². The van der Waals surface area contributed by atoms with Crippen LogP contribution in [0, 0.1) is 5.82 Å². The number of hydrogen-bond acceptors (Lipinski definition) is 3. The summed E-state index contributed by atoms with van der Waals surface area (Å²) >= 11 is 0. The molecule has 2 aromatic carbocycles. The topological polar surface area (TPSA) is 63.3 Å². The van der Waals surface area contributed by atoms with Crippen LogP contribution in [0.25, 0.3) is 10.9 Å². The molecule has 0 bridgehead atoms. The number of nitrogens with one attached hydrogen (secondary N) is 2. The molecule has 1 amide bonds. The first-order valence-corrected chi connectivity index (χ1v) is 6.93. The quantitative estimate of drug-likeness (QED) is 0.774. The second kappa shape index (κ2) is 6.00. The van der Waals surface area contributed by atoms with E-state index in [0.717, 1.165) is 0 Å². The summed E-state index contributed by atoms with van der Waals surface area (Å²) in [5, 5.41) is 3.37. The van der Waals surface area contributed by atoms with Crippen LogP contribution in [0.3, 0.4) is 0 Å². The highest BCUT2D eigenvalue weighted by molar-refractivity contribution is 6.06. The van der Waals surface area contributed by atoms with E-state index >= 15 is 0 Å². The molecule has 1 aromatic heterocycles. The number of carbonyl (C=O) groups excluding carboxylic acids is 1. The first-order chi connectivity index (χ1) is 11.1. The Bertz CT molecular complexity index is 873. The van der Waals surface area contributed by atoms with E-state index in [0.29, 0.717) is 28.1 Å². The average molecular weight is 314 g/mol. The van der Waals surface area contributed by atoms with Gasteiger partial charge in [-0.05, 0) is 24.3 Å². The van der Waals surface area contributed by atoms with Crippen LogP contribution in [0.2, 0.25) is 0 Å². The fourth-order valence-corrected chi connectivity index (χ4v) is 2.33. The fourth-order valence-electron chi connectivity index (χ4n) is 2.33. The summed E-state index contributed by atoms with van der Waals surface area (Å²) in [4.78, 5) is 15.2. The normalized spacial score (nSPS) is 10.6. The number of carbonyl (C=O) groups is 1. The van der Waals surface area contributed by atoms with Crippen LogP contribution < -0.4 is 14.8 Å². The van der Waals surface area contributed by atoms with Crippen molar-refractivity contribution >= 4 is 22.5 Å². The van der Waals surface area contributed by atoms with Crippen molar-refractivity contribution in [1.82, 2.24) is 4.98 Å². The van der Waals surface area contributed by atoms with E-state index in [-0.39, 0.29) is 11.6 Å². The van der Waals surface area contributed by atoms with Gasteiger partial charge in [-0.1, -0.05) is 12.1 Å². The lowest BCUT2D eigenvalue weighted by Gasteiger charge is -2.11. The largest absolute Gasteiger partial charge is 0.497 e. The van der Waals surface area contributed by atoms with Crippen molar-refractivity contribution in [3.05, 3.63) is 54.0 Å². The first kappa shape index (κ1) is 14.9. The highest BCUT2D eigenvalue weighted by Gasteiger charge is 2.14. The molecule has 0 saturated heterocycles. The minimum absolute atomic E-state index is 0.267. The number of fused-ring (bicyclic) bond motifs is 1. The van der Waals surface area contributed by atoms with Gasteiger partial charge in [-0.25, -0.2) is 4.39 Å². The first-order valence-electron chi connectivity index (χ1n) is 6.93. The molecule has 5 nitrogen and oxygen atoms in total. The summed E-state index contributed by atoms with van der Waals surface area (Å²) in [6.45, 7) is 0. The zero-order valence-electron chi connectivity index (χ0n) is 12.6. The molecule has 0 unspecified atom stereocenters. The summed E-state index contributed by atoms with van der Waals surface area (Å²) in [6.07, 6.45) is 0. The number of rotatable bonds is 4. The van der Waals surface area contributed by atoms with Gasteiger partial charge in [-0.2, -0.15) is 0 Å². The number of hydrogen-bond donors (Lipinski definition) is 2. The molecular formula is C17H15FN2O3. The van der Waals surface area contributed by atoms with Crippen molar-refractivity contribution in [1.29, 1.82) is 0 Å². The minimum atomic E-state index is -0.399. The molecule has 0 fully saturated rings. The van der Waals surface area contributed by atoms with Crippen molar-refractivity contribution in [3.63, 3.8) is 0 Å². The Morgan fingerprint density at radius 3 is 2.65 bits per heavy atom. The monoisotopic (exact) mass is 314 g/mol. The summed E-state index contributed by atoms with van der Waals surface area (Å²) in [7, 11) is 3.05. The molecule has 0 spiro atoms. The van der Waals surface area contributed by atoms with Crippen LogP contribution in [0.15, 0.2) is 42.5 Å². The lowest BCUT2D eigenvalue weighted by molar-refractivity contribution is 0.102. The Morgan fingerprint density at radius 1 is 1.13 bits per heavy atom. The lowest BCUT2D eigenvalue weighted by atomic mass is 10.2.